The molecule has 80 valence electrons. The van der Waals surface area contributed by atoms with E-state index in [1.54, 1.807) is 32.4 Å². The van der Waals surface area contributed by atoms with Crippen molar-refractivity contribution in [3.05, 3.63) is 23.8 Å². The first kappa shape index (κ1) is 11.0. The lowest BCUT2D eigenvalue weighted by molar-refractivity contribution is -0.109. The van der Waals surface area contributed by atoms with Crippen LogP contribution in [0.3, 0.4) is 0 Å². The zero-order valence-corrected chi connectivity index (χ0v) is 8.56. The van der Waals surface area contributed by atoms with Gasteiger partial charge in [-0.15, -0.1) is 0 Å². The molecule has 0 spiro atoms. The number of hydrazone groups is 1. The van der Waals surface area contributed by atoms with Gasteiger partial charge in [0, 0.05) is 0 Å². The van der Waals surface area contributed by atoms with Crippen LogP contribution in [0.2, 0.25) is 0 Å². The van der Waals surface area contributed by atoms with E-state index in [4.69, 9.17) is 9.47 Å². The predicted molar refractivity (Wildman–Crippen MR) is 56.3 cm³/mol. The standard InChI is InChI=1S/C10H12N2O3/c1-14-9-4-3-8(5-10(9)15-2)6-11-12-7-13/h3-7H,1-2H3,(H,12,13)/b11-6+. The Kier molecular flexibility index (Phi) is 4.15. The van der Waals surface area contributed by atoms with Crippen LogP contribution < -0.4 is 14.9 Å². The maximum Gasteiger partial charge on any atom is 0.227 e. The van der Waals surface area contributed by atoms with Gasteiger partial charge in [-0.1, -0.05) is 0 Å². The van der Waals surface area contributed by atoms with Gasteiger partial charge in [0.25, 0.3) is 0 Å². The van der Waals surface area contributed by atoms with Crippen molar-refractivity contribution in [1.29, 1.82) is 0 Å². The smallest absolute Gasteiger partial charge is 0.227 e. The number of carbonyl (C=O) groups is 1. The molecule has 0 aliphatic rings. The second kappa shape index (κ2) is 5.64. The van der Waals surface area contributed by atoms with Crippen molar-refractivity contribution < 1.29 is 14.3 Å². The van der Waals surface area contributed by atoms with Crippen LogP contribution in [-0.4, -0.2) is 26.8 Å². The van der Waals surface area contributed by atoms with Gasteiger partial charge in [0.1, 0.15) is 0 Å². The number of nitrogens with one attached hydrogen (secondary N) is 1. The molecule has 0 aromatic heterocycles. The number of hydrogen-bond donors (Lipinski definition) is 1. The van der Waals surface area contributed by atoms with Crippen molar-refractivity contribution in [2.24, 2.45) is 5.10 Å². The van der Waals surface area contributed by atoms with Crippen LogP contribution in [0, 0.1) is 0 Å². The summed E-state index contributed by atoms with van der Waals surface area (Å²) < 4.78 is 10.2. The van der Waals surface area contributed by atoms with Crippen molar-refractivity contribution in [3.8, 4) is 11.5 Å². The molecule has 0 atom stereocenters. The number of nitrogens with zero attached hydrogens (tertiary/aromatic N) is 1. The fraction of sp³-hybridized carbons (Fsp3) is 0.200. The highest BCUT2D eigenvalue weighted by molar-refractivity contribution is 5.81. The lowest BCUT2D eigenvalue weighted by Crippen LogP contribution is -2.00. The molecular formula is C10H12N2O3. The maximum atomic E-state index is 9.95. The van der Waals surface area contributed by atoms with Crippen LogP contribution in [0.5, 0.6) is 11.5 Å². The van der Waals surface area contributed by atoms with Crippen molar-refractivity contribution >= 4 is 12.6 Å². The molecule has 0 radical (unpaired) electrons. The Morgan fingerprint density at radius 1 is 1.27 bits per heavy atom. The van der Waals surface area contributed by atoms with Gasteiger partial charge in [-0.25, -0.2) is 5.43 Å². The number of carbonyl (C=O) groups excluding carboxylic acids is 1. The SMILES string of the molecule is COc1ccc(/C=N/NC=O)cc1OC. The normalized spacial score (nSPS) is 10.0. The summed E-state index contributed by atoms with van der Waals surface area (Å²) in [5.74, 6) is 1.27. The second-order valence-corrected chi connectivity index (χ2v) is 2.62. The van der Waals surface area contributed by atoms with Crippen LogP contribution in [0.15, 0.2) is 23.3 Å². The summed E-state index contributed by atoms with van der Waals surface area (Å²) in [4.78, 5) is 9.95. The molecule has 0 aliphatic heterocycles. The van der Waals surface area contributed by atoms with Gasteiger partial charge in [0.05, 0.1) is 20.4 Å². The molecule has 1 N–H and O–H groups in total. The maximum absolute atomic E-state index is 9.95. The average Bonchev–Trinajstić information content (AvgIpc) is 2.29. The zero-order valence-electron chi connectivity index (χ0n) is 8.56. The third kappa shape index (κ3) is 2.98. The Labute approximate surface area is 87.7 Å². The molecule has 0 saturated carbocycles. The van der Waals surface area contributed by atoms with Gasteiger partial charge in [-0.05, 0) is 23.8 Å². The summed E-state index contributed by atoms with van der Waals surface area (Å²) in [6, 6.07) is 5.33. The van der Waals surface area contributed by atoms with Crippen molar-refractivity contribution in [2.75, 3.05) is 14.2 Å². The minimum atomic E-state index is 0.497. The highest BCUT2D eigenvalue weighted by Crippen LogP contribution is 2.26. The quantitative estimate of drug-likeness (QED) is 0.442. The number of amides is 1. The van der Waals surface area contributed by atoms with Crippen LogP contribution in [-0.2, 0) is 4.79 Å². The predicted octanol–water partition coefficient (Wildman–Crippen LogP) is 0.784. The third-order valence-electron chi connectivity index (χ3n) is 1.75. The summed E-state index contributed by atoms with van der Waals surface area (Å²) >= 11 is 0. The minimum Gasteiger partial charge on any atom is -0.493 e. The van der Waals surface area contributed by atoms with E-state index in [2.05, 4.69) is 10.5 Å². The lowest BCUT2D eigenvalue weighted by atomic mass is 10.2. The summed E-state index contributed by atoms with van der Waals surface area (Å²) in [5, 5.41) is 3.65. The van der Waals surface area contributed by atoms with Crippen LogP contribution >= 0.6 is 0 Å². The first-order valence-corrected chi connectivity index (χ1v) is 4.26. The Bertz CT molecular complexity index is 364. The molecule has 1 aromatic carbocycles. The van der Waals surface area contributed by atoms with Gasteiger partial charge in [-0.3, -0.25) is 4.79 Å². The number of hydrogen-bond acceptors (Lipinski definition) is 4. The molecule has 1 rings (SSSR count). The number of methoxy groups -OCH3 is 2. The van der Waals surface area contributed by atoms with Crippen molar-refractivity contribution in [2.45, 2.75) is 0 Å². The molecule has 1 amide bonds. The van der Waals surface area contributed by atoms with E-state index in [0.717, 1.165) is 5.56 Å². The number of rotatable bonds is 5. The first-order valence-electron chi connectivity index (χ1n) is 4.26. The molecule has 5 heteroatoms. The van der Waals surface area contributed by atoms with Gasteiger partial charge < -0.3 is 9.47 Å². The fourth-order valence-electron chi connectivity index (χ4n) is 1.08. The molecular weight excluding hydrogens is 196 g/mol. The fourth-order valence-corrected chi connectivity index (χ4v) is 1.08. The van der Waals surface area contributed by atoms with E-state index in [0.29, 0.717) is 17.9 Å². The van der Waals surface area contributed by atoms with Gasteiger partial charge in [-0.2, -0.15) is 5.10 Å². The second-order valence-electron chi connectivity index (χ2n) is 2.62. The molecule has 0 aliphatic carbocycles. The molecule has 0 bridgehead atoms. The molecule has 0 unspecified atom stereocenters. The molecule has 0 fully saturated rings. The number of benzene rings is 1. The van der Waals surface area contributed by atoms with Gasteiger partial charge in [0.15, 0.2) is 11.5 Å². The van der Waals surface area contributed by atoms with Crippen molar-refractivity contribution in [1.82, 2.24) is 5.43 Å². The third-order valence-corrected chi connectivity index (χ3v) is 1.75. The highest BCUT2D eigenvalue weighted by atomic mass is 16.5. The van der Waals surface area contributed by atoms with E-state index in [1.807, 2.05) is 0 Å². The van der Waals surface area contributed by atoms with Gasteiger partial charge in [0.2, 0.25) is 6.41 Å². The molecule has 5 nitrogen and oxygen atoms in total. The van der Waals surface area contributed by atoms with Crippen LogP contribution in [0.25, 0.3) is 0 Å². The summed E-state index contributed by atoms with van der Waals surface area (Å²) in [7, 11) is 3.13. The minimum absolute atomic E-state index is 0.497. The van der Waals surface area contributed by atoms with E-state index < -0.39 is 0 Å². The lowest BCUT2D eigenvalue weighted by Gasteiger charge is -2.07. The van der Waals surface area contributed by atoms with Gasteiger partial charge >= 0.3 is 0 Å². The van der Waals surface area contributed by atoms with E-state index >= 15 is 0 Å². The Morgan fingerprint density at radius 3 is 2.60 bits per heavy atom. The van der Waals surface area contributed by atoms with E-state index in [1.165, 1.54) is 6.21 Å². The van der Waals surface area contributed by atoms with E-state index in [9.17, 15) is 4.79 Å². The van der Waals surface area contributed by atoms with Crippen LogP contribution in [0.1, 0.15) is 5.56 Å². The first-order chi connectivity index (χ1) is 7.31. The number of ether oxygens (including phenoxy) is 2. The Hall–Kier alpha value is -2.04. The largest absolute Gasteiger partial charge is 0.493 e. The topological polar surface area (TPSA) is 59.9 Å². The molecule has 0 heterocycles. The summed E-state index contributed by atoms with van der Waals surface area (Å²) in [6.45, 7) is 0. The Balaban J connectivity index is 2.87. The van der Waals surface area contributed by atoms with Crippen LogP contribution in [0.4, 0.5) is 0 Å². The Morgan fingerprint density at radius 2 is 2.00 bits per heavy atom. The van der Waals surface area contributed by atoms with E-state index in [-0.39, 0.29) is 0 Å². The average molecular weight is 208 g/mol. The highest BCUT2D eigenvalue weighted by Gasteiger charge is 2.02. The molecule has 0 saturated heterocycles. The monoisotopic (exact) mass is 208 g/mol. The summed E-state index contributed by atoms with van der Waals surface area (Å²) in [6.07, 6.45) is 2.01. The molecule has 15 heavy (non-hydrogen) atoms. The molecule has 1 aromatic rings. The summed E-state index contributed by atoms with van der Waals surface area (Å²) in [5.41, 5.74) is 2.99. The zero-order chi connectivity index (χ0) is 11.1. The van der Waals surface area contributed by atoms with Crippen molar-refractivity contribution in [3.63, 3.8) is 0 Å².